The molecule has 0 bridgehead atoms. The van der Waals surface area contributed by atoms with Crippen molar-refractivity contribution in [2.24, 2.45) is 0 Å². The molecule has 1 aliphatic heterocycles. The summed E-state index contributed by atoms with van der Waals surface area (Å²) in [6.07, 6.45) is 0. The molecular formula is C19H22ClFN3O4S+. The van der Waals surface area contributed by atoms with E-state index in [9.17, 15) is 17.6 Å². The Labute approximate surface area is 174 Å². The number of halogens is 2. The molecule has 1 aliphatic rings. The number of nitrogens with zero attached hydrogens (tertiary/aromatic N) is 1. The summed E-state index contributed by atoms with van der Waals surface area (Å²) in [5.41, 5.74) is 0.567. The minimum Gasteiger partial charge on any atom is -0.495 e. The normalized spacial score (nSPS) is 15.8. The van der Waals surface area contributed by atoms with Gasteiger partial charge in [0.05, 0.1) is 43.2 Å². The lowest BCUT2D eigenvalue weighted by molar-refractivity contribution is -0.895. The lowest BCUT2D eigenvalue weighted by atomic mass is 10.3. The van der Waals surface area contributed by atoms with Crippen LogP contribution in [-0.2, 0) is 14.8 Å². The lowest BCUT2D eigenvalue weighted by Crippen LogP contribution is -3.15. The summed E-state index contributed by atoms with van der Waals surface area (Å²) in [4.78, 5) is 13.4. The molecule has 0 radical (unpaired) electrons. The van der Waals surface area contributed by atoms with E-state index in [2.05, 4.69) is 5.32 Å². The van der Waals surface area contributed by atoms with Crippen molar-refractivity contribution in [1.82, 2.24) is 4.31 Å². The molecule has 2 N–H and O–H groups in total. The highest BCUT2D eigenvalue weighted by Gasteiger charge is 2.31. The molecule has 1 saturated heterocycles. The van der Waals surface area contributed by atoms with E-state index in [1.54, 1.807) is 18.2 Å². The predicted octanol–water partition coefficient (Wildman–Crippen LogP) is 1.02. The highest BCUT2D eigenvalue weighted by Crippen LogP contribution is 2.27. The minimum absolute atomic E-state index is 0.0662. The molecule has 3 rings (SSSR count). The Bertz CT molecular complexity index is 977. The highest BCUT2D eigenvalue weighted by atomic mass is 35.5. The van der Waals surface area contributed by atoms with Gasteiger partial charge in [-0.15, -0.1) is 0 Å². The highest BCUT2D eigenvalue weighted by molar-refractivity contribution is 7.89. The summed E-state index contributed by atoms with van der Waals surface area (Å²) in [5.74, 6) is -0.146. The van der Waals surface area contributed by atoms with Gasteiger partial charge in [0.1, 0.15) is 11.6 Å². The van der Waals surface area contributed by atoms with Gasteiger partial charge in [0.25, 0.3) is 5.91 Å². The lowest BCUT2D eigenvalue weighted by Gasteiger charge is -2.31. The zero-order valence-electron chi connectivity index (χ0n) is 15.8. The average Bonchev–Trinajstić information content (AvgIpc) is 2.69. The van der Waals surface area contributed by atoms with Crippen molar-refractivity contribution in [2.45, 2.75) is 4.90 Å². The molecule has 0 saturated carbocycles. The van der Waals surface area contributed by atoms with E-state index in [4.69, 9.17) is 16.3 Å². The van der Waals surface area contributed by atoms with Gasteiger partial charge in [0.15, 0.2) is 6.54 Å². The molecule has 0 atom stereocenters. The summed E-state index contributed by atoms with van der Waals surface area (Å²) < 4.78 is 44.8. The third kappa shape index (κ3) is 5.24. The van der Waals surface area contributed by atoms with Crippen LogP contribution >= 0.6 is 11.6 Å². The molecule has 0 spiro atoms. The summed E-state index contributed by atoms with van der Waals surface area (Å²) in [6.45, 7) is 1.79. The zero-order valence-corrected chi connectivity index (χ0v) is 17.4. The van der Waals surface area contributed by atoms with Crippen molar-refractivity contribution in [1.29, 1.82) is 0 Å². The fourth-order valence-electron chi connectivity index (χ4n) is 3.15. The van der Waals surface area contributed by atoms with Gasteiger partial charge in [0, 0.05) is 5.69 Å². The molecule has 2 aromatic carbocycles. The maximum absolute atomic E-state index is 13.0. The first-order chi connectivity index (χ1) is 13.8. The van der Waals surface area contributed by atoms with Crippen molar-refractivity contribution < 1.29 is 27.2 Å². The molecule has 0 unspecified atom stereocenters. The number of sulfonamides is 1. The number of carbonyl (C=O) groups excluding carboxylic acids is 1. The maximum Gasteiger partial charge on any atom is 0.279 e. The number of carbonyl (C=O) groups is 1. The molecule has 2 aromatic rings. The van der Waals surface area contributed by atoms with Crippen molar-refractivity contribution in [3.63, 3.8) is 0 Å². The molecule has 1 heterocycles. The van der Waals surface area contributed by atoms with E-state index >= 15 is 0 Å². The minimum atomic E-state index is -3.66. The second kappa shape index (κ2) is 9.08. The van der Waals surface area contributed by atoms with Crippen LogP contribution in [-0.4, -0.2) is 58.5 Å². The fourth-order valence-corrected chi connectivity index (χ4v) is 4.85. The van der Waals surface area contributed by atoms with Gasteiger partial charge < -0.3 is 15.0 Å². The fraction of sp³-hybridized carbons (Fsp3) is 0.316. The first-order valence-electron chi connectivity index (χ1n) is 9.02. The van der Waals surface area contributed by atoms with Crippen LogP contribution in [0.1, 0.15) is 0 Å². The Morgan fingerprint density at radius 2 is 1.86 bits per heavy atom. The molecule has 29 heavy (non-hydrogen) atoms. The van der Waals surface area contributed by atoms with Gasteiger partial charge in [-0.3, -0.25) is 4.79 Å². The zero-order chi connectivity index (χ0) is 21.0. The Morgan fingerprint density at radius 1 is 1.21 bits per heavy atom. The Morgan fingerprint density at radius 3 is 2.45 bits per heavy atom. The number of hydrogen-bond donors (Lipinski definition) is 2. The smallest absolute Gasteiger partial charge is 0.279 e. The molecular weight excluding hydrogens is 421 g/mol. The SMILES string of the molecule is COc1ccc(NC(=O)C[NH+]2CCN(S(=O)(=O)c3ccc(F)cc3)CC2)cc1Cl. The number of nitrogens with one attached hydrogen (secondary N) is 2. The van der Waals surface area contributed by atoms with Crippen LogP contribution in [0.25, 0.3) is 0 Å². The van der Waals surface area contributed by atoms with Crippen LogP contribution < -0.4 is 15.0 Å². The number of amides is 1. The third-order valence-electron chi connectivity index (χ3n) is 4.73. The van der Waals surface area contributed by atoms with E-state index in [1.807, 2.05) is 0 Å². The quantitative estimate of drug-likeness (QED) is 0.700. The van der Waals surface area contributed by atoms with E-state index in [0.717, 1.165) is 17.0 Å². The third-order valence-corrected chi connectivity index (χ3v) is 6.94. The van der Waals surface area contributed by atoms with Crippen LogP contribution in [0.2, 0.25) is 5.02 Å². The summed E-state index contributed by atoms with van der Waals surface area (Å²) in [7, 11) is -2.15. The van der Waals surface area contributed by atoms with E-state index < -0.39 is 15.8 Å². The van der Waals surface area contributed by atoms with Crippen molar-refractivity contribution in [2.75, 3.05) is 45.2 Å². The Balaban J connectivity index is 1.53. The molecule has 1 fully saturated rings. The van der Waals surface area contributed by atoms with Crippen LogP contribution in [0, 0.1) is 5.82 Å². The largest absolute Gasteiger partial charge is 0.495 e. The van der Waals surface area contributed by atoms with Gasteiger partial charge in [-0.05, 0) is 42.5 Å². The second-order valence-corrected chi connectivity index (χ2v) is 9.03. The summed E-state index contributed by atoms with van der Waals surface area (Å²) >= 11 is 6.06. The number of rotatable bonds is 6. The standard InChI is InChI=1S/C19H21ClFN3O4S/c1-28-18-7-4-15(12-17(18)20)22-19(25)13-23-8-10-24(11-9-23)29(26,27)16-5-2-14(21)3-6-16/h2-7,12H,8-11,13H2,1H3,(H,22,25)/p+1. The molecule has 10 heteroatoms. The molecule has 7 nitrogen and oxygen atoms in total. The molecule has 0 aliphatic carbocycles. The number of methoxy groups -OCH3 is 1. The maximum atomic E-state index is 13.0. The van der Waals surface area contributed by atoms with Crippen molar-refractivity contribution >= 4 is 33.2 Å². The molecule has 0 aromatic heterocycles. The van der Waals surface area contributed by atoms with Gasteiger partial charge in [-0.2, -0.15) is 4.31 Å². The predicted molar refractivity (Wildman–Crippen MR) is 107 cm³/mol. The van der Waals surface area contributed by atoms with Crippen LogP contribution in [0.4, 0.5) is 10.1 Å². The Kier molecular flexibility index (Phi) is 6.74. The van der Waals surface area contributed by atoms with Gasteiger partial charge in [-0.1, -0.05) is 11.6 Å². The summed E-state index contributed by atoms with van der Waals surface area (Å²) in [5, 5.41) is 3.19. The second-order valence-electron chi connectivity index (χ2n) is 6.68. The topological polar surface area (TPSA) is 80.2 Å². The number of anilines is 1. The van der Waals surface area contributed by atoms with E-state index in [0.29, 0.717) is 29.5 Å². The van der Waals surface area contributed by atoms with Gasteiger partial charge in [0.2, 0.25) is 10.0 Å². The monoisotopic (exact) mass is 442 g/mol. The Hall–Kier alpha value is -2.20. The van der Waals surface area contributed by atoms with E-state index in [1.165, 1.54) is 23.5 Å². The number of benzene rings is 2. The first kappa shape index (κ1) is 21.5. The van der Waals surface area contributed by atoms with Crippen molar-refractivity contribution in [3.8, 4) is 5.75 Å². The number of piperazine rings is 1. The first-order valence-corrected chi connectivity index (χ1v) is 10.8. The average molecular weight is 443 g/mol. The number of quaternary nitrogens is 1. The molecule has 156 valence electrons. The van der Waals surface area contributed by atoms with E-state index in [-0.39, 0.29) is 30.4 Å². The van der Waals surface area contributed by atoms with Crippen LogP contribution in [0.3, 0.4) is 0 Å². The van der Waals surface area contributed by atoms with Gasteiger partial charge >= 0.3 is 0 Å². The number of hydrogen-bond acceptors (Lipinski definition) is 4. The van der Waals surface area contributed by atoms with Crippen LogP contribution in [0.5, 0.6) is 5.75 Å². The molecule has 1 amide bonds. The summed E-state index contributed by atoms with van der Waals surface area (Å²) in [6, 6.07) is 9.76. The van der Waals surface area contributed by atoms with Crippen LogP contribution in [0.15, 0.2) is 47.4 Å². The van der Waals surface area contributed by atoms with Crippen molar-refractivity contribution in [3.05, 3.63) is 53.3 Å². The number of ether oxygens (including phenoxy) is 1. The van der Waals surface area contributed by atoms with Gasteiger partial charge in [-0.25, -0.2) is 12.8 Å².